The van der Waals surface area contributed by atoms with Gasteiger partial charge in [-0.2, -0.15) is 15.2 Å². The van der Waals surface area contributed by atoms with Crippen LogP contribution in [-0.4, -0.2) is 70.6 Å². The fourth-order valence-corrected chi connectivity index (χ4v) is 7.42. The van der Waals surface area contributed by atoms with Crippen LogP contribution in [-0.2, 0) is 28.8 Å². The van der Waals surface area contributed by atoms with Crippen LogP contribution in [0.15, 0.2) is 54.1 Å². The van der Waals surface area contributed by atoms with E-state index < -0.39 is 11.5 Å². The van der Waals surface area contributed by atoms with Crippen LogP contribution in [0.5, 0.6) is 6.01 Å². The van der Waals surface area contributed by atoms with Gasteiger partial charge in [0.25, 0.3) is 0 Å². The van der Waals surface area contributed by atoms with Crippen LogP contribution in [0.25, 0.3) is 0 Å². The number of ether oxygens (including phenoxy) is 2. The van der Waals surface area contributed by atoms with E-state index in [2.05, 4.69) is 59.8 Å². The zero-order valence-corrected chi connectivity index (χ0v) is 29.3. The molecule has 2 aliphatic heterocycles. The summed E-state index contributed by atoms with van der Waals surface area (Å²) in [6.45, 7) is 12.4. The molecular formula is C38H49N5O3S. The minimum atomic E-state index is -0.629. The van der Waals surface area contributed by atoms with Gasteiger partial charge in [0.05, 0.1) is 17.7 Å². The van der Waals surface area contributed by atoms with Gasteiger partial charge in [-0.3, -0.25) is 9.69 Å². The number of carbonyl (C=O) groups is 1. The van der Waals surface area contributed by atoms with E-state index in [-0.39, 0.29) is 24.3 Å². The van der Waals surface area contributed by atoms with Gasteiger partial charge in [-0.15, -0.1) is 0 Å². The second-order valence-corrected chi connectivity index (χ2v) is 14.7. The predicted molar refractivity (Wildman–Crippen MR) is 190 cm³/mol. The number of anilines is 1. The normalized spacial score (nSPS) is 23.0. The summed E-state index contributed by atoms with van der Waals surface area (Å²) in [6.07, 6.45) is 9.72. The number of aromatic nitrogens is 2. The Morgan fingerprint density at radius 2 is 1.89 bits per heavy atom. The first-order valence-electron chi connectivity index (χ1n) is 17.0. The van der Waals surface area contributed by atoms with Gasteiger partial charge in [0.2, 0.25) is 0 Å². The molecule has 3 heterocycles. The maximum atomic E-state index is 13.4. The van der Waals surface area contributed by atoms with E-state index in [1.165, 1.54) is 11.1 Å². The third kappa shape index (κ3) is 9.05. The van der Waals surface area contributed by atoms with Crippen molar-refractivity contribution in [1.29, 1.82) is 5.26 Å². The zero-order chi connectivity index (χ0) is 33.6. The van der Waals surface area contributed by atoms with Crippen molar-refractivity contribution in [3.63, 3.8) is 0 Å². The molecule has 3 aliphatic rings. The number of benzene rings is 1. The van der Waals surface area contributed by atoms with E-state index in [1.807, 2.05) is 26.8 Å². The number of aryl methyl sites for hydroxylation is 1. The molecule has 2 unspecified atom stereocenters. The average molecular weight is 656 g/mol. The minimum Gasteiger partial charge on any atom is -0.459 e. The smallest absolute Gasteiger partial charge is 0.318 e. The molecule has 250 valence electrons. The Morgan fingerprint density at radius 1 is 1.13 bits per heavy atom. The van der Waals surface area contributed by atoms with Gasteiger partial charge < -0.3 is 14.4 Å². The van der Waals surface area contributed by atoms with Crippen molar-refractivity contribution < 1.29 is 14.3 Å². The molecular weight excluding hydrogens is 607 g/mol. The summed E-state index contributed by atoms with van der Waals surface area (Å²) >= 11 is 5.80. The molecule has 5 rings (SSSR count). The van der Waals surface area contributed by atoms with Crippen molar-refractivity contribution in [2.24, 2.45) is 11.8 Å². The number of nitriles is 1. The summed E-state index contributed by atoms with van der Waals surface area (Å²) in [5.74, 6) is -0.312. The predicted octanol–water partition coefficient (Wildman–Crippen LogP) is 6.62. The van der Waals surface area contributed by atoms with Crippen molar-refractivity contribution in [1.82, 2.24) is 14.9 Å². The summed E-state index contributed by atoms with van der Waals surface area (Å²) in [6, 6.07) is 13.4. The monoisotopic (exact) mass is 655 g/mol. The molecule has 0 spiro atoms. The standard InChI is InChI=1S/C38H49N5O3S/c1-26-20-23-43(24-29(19-21-39)34(26)36(44)46-38(2,3)4)35-30-17-15-28(14-13-27-10-7-6-8-11-27)16-18-31(30)40-37(41-35)45-25-33(47)32-12-9-22-42(32)5/h6-8,10-11,14,29,32,34H,1,9,12-13,15-20,22-25H2,2-5H3/b28-14+/t29?,32-,34?/m0/s1. The molecule has 9 heteroatoms. The molecule has 2 saturated heterocycles. The first kappa shape index (κ1) is 34.7. The van der Waals surface area contributed by atoms with Crippen molar-refractivity contribution in [2.75, 3.05) is 38.2 Å². The average Bonchev–Trinajstić information content (AvgIpc) is 3.26. The Balaban J connectivity index is 1.44. The third-order valence-electron chi connectivity index (χ3n) is 9.52. The number of rotatable bonds is 9. The fraction of sp³-hybridized carbons (Fsp3) is 0.553. The molecule has 0 bridgehead atoms. The van der Waals surface area contributed by atoms with Gasteiger partial charge in [-0.1, -0.05) is 66.4 Å². The second kappa shape index (κ2) is 15.5. The molecule has 3 atom stereocenters. The number of esters is 1. The quantitative estimate of drug-likeness (QED) is 0.128. The molecule has 1 aromatic heterocycles. The van der Waals surface area contributed by atoms with Gasteiger partial charge in [-0.05, 0) is 91.3 Å². The van der Waals surface area contributed by atoms with Crippen LogP contribution in [0.2, 0.25) is 0 Å². The van der Waals surface area contributed by atoms with Crippen LogP contribution >= 0.6 is 12.2 Å². The summed E-state index contributed by atoms with van der Waals surface area (Å²) < 4.78 is 12.1. The van der Waals surface area contributed by atoms with Crippen LogP contribution in [0, 0.1) is 23.2 Å². The lowest BCUT2D eigenvalue weighted by Gasteiger charge is -2.30. The Bertz CT molecular complexity index is 1530. The maximum absolute atomic E-state index is 13.4. The lowest BCUT2D eigenvalue weighted by atomic mass is 9.84. The first-order valence-corrected chi connectivity index (χ1v) is 17.4. The Labute approximate surface area is 285 Å². The second-order valence-electron chi connectivity index (χ2n) is 14.2. The zero-order valence-electron chi connectivity index (χ0n) is 28.5. The van der Waals surface area contributed by atoms with Gasteiger partial charge in [-0.25, -0.2) is 0 Å². The molecule has 0 N–H and O–H groups in total. The van der Waals surface area contributed by atoms with Crippen LogP contribution < -0.4 is 9.64 Å². The molecule has 2 fully saturated rings. The SMILES string of the molecule is C=C1CCN(c2nc(OCC(=S)[C@@H]3CCCN3C)nc3c2CC/C(=C\Cc2ccccc2)CC3)CC(CC#N)C1C(=O)OC(C)(C)C. The molecule has 47 heavy (non-hydrogen) atoms. The summed E-state index contributed by atoms with van der Waals surface area (Å²) in [5, 5.41) is 9.83. The number of likely N-dealkylation sites (tertiary alicyclic amines) is 1. The van der Waals surface area contributed by atoms with Crippen molar-refractivity contribution in [3.8, 4) is 12.1 Å². The third-order valence-corrected chi connectivity index (χ3v) is 9.91. The topological polar surface area (TPSA) is 91.6 Å². The Hall–Kier alpha value is -3.61. The van der Waals surface area contributed by atoms with Crippen molar-refractivity contribution >= 4 is 28.9 Å². The highest BCUT2D eigenvalue weighted by atomic mass is 32.1. The summed E-state index contributed by atoms with van der Waals surface area (Å²) in [5.41, 5.74) is 5.01. The lowest BCUT2D eigenvalue weighted by molar-refractivity contribution is -0.160. The summed E-state index contributed by atoms with van der Waals surface area (Å²) in [7, 11) is 2.11. The van der Waals surface area contributed by atoms with E-state index in [0.29, 0.717) is 32.1 Å². The van der Waals surface area contributed by atoms with Crippen LogP contribution in [0.4, 0.5) is 5.82 Å². The maximum Gasteiger partial charge on any atom is 0.318 e. The molecule has 1 aliphatic carbocycles. The van der Waals surface area contributed by atoms with E-state index in [9.17, 15) is 10.1 Å². The number of fused-ring (bicyclic) bond motifs is 1. The molecule has 8 nitrogen and oxygen atoms in total. The first-order chi connectivity index (χ1) is 22.5. The van der Waals surface area contributed by atoms with Gasteiger partial charge in [0.1, 0.15) is 18.0 Å². The minimum absolute atomic E-state index is 0.214. The van der Waals surface area contributed by atoms with E-state index in [4.69, 9.17) is 31.7 Å². The fourth-order valence-electron chi connectivity index (χ4n) is 7.07. The van der Waals surface area contributed by atoms with Crippen molar-refractivity contribution in [2.45, 2.75) is 90.2 Å². The van der Waals surface area contributed by atoms with Crippen molar-refractivity contribution in [3.05, 3.63) is 71.0 Å². The van der Waals surface area contributed by atoms with E-state index in [1.54, 1.807) is 0 Å². The number of nitrogens with zero attached hydrogens (tertiary/aromatic N) is 5. The number of hydrogen-bond acceptors (Lipinski definition) is 9. The van der Waals surface area contributed by atoms with Crippen LogP contribution in [0.1, 0.15) is 76.1 Å². The molecule has 2 aromatic rings. The highest BCUT2D eigenvalue weighted by Crippen LogP contribution is 2.37. The number of allylic oxidation sites excluding steroid dienone is 2. The molecule has 0 saturated carbocycles. The molecule has 0 radical (unpaired) electrons. The van der Waals surface area contributed by atoms with Crippen LogP contribution in [0.3, 0.4) is 0 Å². The van der Waals surface area contributed by atoms with Gasteiger partial charge in [0.15, 0.2) is 0 Å². The summed E-state index contributed by atoms with van der Waals surface area (Å²) in [4.78, 5) is 28.9. The number of hydrogen-bond donors (Lipinski definition) is 0. The number of carbonyl (C=O) groups excluding carboxylic acids is 1. The Morgan fingerprint density at radius 3 is 2.60 bits per heavy atom. The molecule has 0 amide bonds. The molecule has 1 aromatic carbocycles. The lowest BCUT2D eigenvalue weighted by Crippen LogP contribution is -2.37. The largest absolute Gasteiger partial charge is 0.459 e. The van der Waals surface area contributed by atoms with E-state index in [0.717, 1.165) is 79.0 Å². The highest BCUT2D eigenvalue weighted by Gasteiger charge is 2.38. The van der Waals surface area contributed by atoms with Gasteiger partial charge in [0, 0.05) is 41.9 Å². The Kier molecular flexibility index (Phi) is 11.5. The number of thiocarbonyl (C=S) groups is 1. The highest BCUT2D eigenvalue weighted by molar-refractivity contribution is 7.80. The van der Waals surface area contributed by atoms with Gasteiger partial charge >= 0.3 is 12.0 Å². The van der Waals surface area contributed by atoms with E-state index >= 15 is 0 Å².